The highest BCUT2D eigenvalue weighted by Crippen LogP contribution is 2.23. The molecule has 0 unspecified atom stereocenters. The molecule has 2 amide bonds. The average molecular weight is 287 g/mol. The van der Waals surface area contributed by atoms with Crippen LogP contribution in [0.25, 0.3) is 0 Å². The Morgan fingerprint density at radius 3 is 2.48 bits per heavy atom. The minimum atomic E-state index is -0.210. The van der Waals surface area contributed by atoms with E-state index in [9.17, 15) is 9.59 Å². The predicted molar refractivity (Wildman–Crippen MR) is 79.5 cm³/mol. The summed E-state index contributed by atoms with van der Waals surface area (Å²) in [6.07, 6.45) is 2.20. The van der Waals surface area contributed by atoms with E-state index in [0.29, 0.717) is 6.42 Å². The van der Waals surface area contributed by atoms with Crippen LogP contribution >= 0.6 is 0 Å². The number of hydrogen-bond acceptors (Lipinski definition) is 3. The van der Waals surface area contributed by atoms with E-state index in [-0.39, 0.29) is 30.4 Å². The monoisotopic (exact) mass is 287 g/mol. The van der Waals surface area contributed by atoms with Crippen molar-refractivity contribution in [3.05, 3.63) is 35.9 Å². The van der Waals surface area contributed by atoms with Crippen LogP contribution < -0.4 is 10.6 Å². The Kier molecular flexibility index (Phi) is 4.20. The van der Waals surface area contributed by atoms with E-state index in [4.69, 9.17) is 0 Å². The van der Waals surface area contributed by atoms with Crippen LogP contribution in [0.3, 0.4) is 0 Å². The van der Waals surface area contributed by atoms with Gasteiger partial charge in [0.25, 0.3) is 0 Å². The van der Waals surface area contributed by atoms with Crippen LogP contribution in [0.4, 0.5) is 0 Å². The number of benzene rings is 1. The van der Waals surface area contributed by atoms with Gasteiger partial charge in [-0.1, -0.05) is 30.3 Å². The molecule has 3 rings (SSSR count). The number of piperidine rings is 1. The van der Waals surface area contributed by atoms with Gasteiger partial charge in [0.05, 0.1) is 19.0 Å². The summed E-state index contributed by atoms with van der Waals surface area (Å²) >= 11 is 0. The molecule has 2 N–H and O–H groups in total. The van der Waals surface area contributed by atoms with Gasteiger partial charge in [-0.25, -0.2) is 0 Å². The normalized spacial score (nSPS) is 24.6. The van der Waals surface area contributed by atoms with E-state index in [0.717, 1.165) is 31.5 Å². The number of carbonyl (C=O) groups excluding carboxylic acids is 2. The molecule has 5 heteroatoms. The zero-order valence-electron chi connectivity index (χ0n) is 12.0. The largest absolute Gasteiger partial charge is 0.347 e. The average Bonchev–Trinajstić information content (AvgIpc) is 2.68. The number of hydrogen-bond donors (Lipinski definition) is 2. The second kappa shape index (κ2) is 6.26. The summed E-state index contributed by atoms with van der Waals surface area (Å²) in [7, 11) is 0. The molecule has 21 heavy (non-hydrogen) atoms. The van der Waals surface area contributed by atoms with E-state index >= 15 is 0 Å². The van der Waals surface area contributed by atoms with Crippen molar-refractivity contribution in [1.82, 2.24) is 15.5 Å². The Hall–Kier alpha value is -1.88. The second-order valence-corrected chi connectivity index (χ2v) is 5.74. The zero-order valence-corrected chi connectivity index (χ0v) is 12.0. The molecule has 2 aliphatic heterocycles. The molecule has 5 nitrogen and oxygen atoms in total. The predicted octanol–water partition coefficient (Wildman–Crippen LogP) is 0.828. The van der Waals surface area contributed by atoms with Crippen LogP contribution in [0, 0.1) is 0 Å². The minimum Gasteiger partial charge on any atom is -0.347 e. The fraction of sp³-hybridized carbons (Fsp3) is 0.500. The van der Waals surface area contributed by atoms with Gasteiger partial charge in [-0.05, 0) is 31.5 Å². The van der Waals surface area contributed by atoms with E-state index in [1.807, 2.05) is 30.3 Å². The third kappa shape index (κ3) is 3.24. The highest BCUT2D eigenvalue weighted by molar-refractivity contribution is 5.88. The van der Waals surface area contributed by atoms with Crippen molar-refractivity contribution in [2.24, 2.45) is 0 Å². The number of nitrogens with zero attached hydrogens (tertiary/aromatic N) is 1. The van der Waals surface area contributed by atoms with Gasteiger partial charge in [0.2, 0.25) is 11.8 Å². The fourth-order valence-electron chi connectivity index (χ4n) is 3.16. The van der Waals surface area contributed by atoms with Crippen molar-refractivity contribution >= 4 is 11.8 Å². The number of nitrogens with one attached hydrogen (secondary N) is 2. The summed E-state index contributed by atoms with van der Waals surface area (Å²) in [5.74, 6) is 0.0161. The highest BCUT2D eigenvalue weighted by Gasteiger charge is 2.32. The number of amides is 2. The Morgan fingerprint density at radius 1 is 1.05 bits per heavy atom. The standard InChI is InChI=1S/C16H21N3O2/c20-15-11-19(13-6-8-17-9-7-13)16(21)10-14(18-15)12-4-2-1-3-5-12/h1-5,13-14,17H,6-11H2,(H,18,20)/t14-/m0/s1. The summed E-state index contributed by atoms with van der Waals surface area (Å²) in [5, 5.41) is 6.27. The molecule has 1 aromatic rings. The molecular formula is C16H21N3O2. The van der Waals surface area contributed by atoms with Crippen molar-refractivity contribution in [3.8, 4) is 0 Å². The molecule has 0 aliphatic carbocycles. The Labute approximate surface area is 124 Å². The molecule has 2 aliphatic rings. The summed E-state index contributed by atoms with van der Waals surface area (Å²) < 4.78 is 0. The Bertz CT molecular complexity index is 512. The van der Waals surface area contributed by atoms with Crippen molar-refractivity contribution in [3.63, 3.8) is 0 Å². The molecule has 0 spiro atoms. The molecule has 0 radical (unpaired) electrons. The molecule has 2 fully saturated rings. The van der Waals surface area contributed by atoms with E-state index < -0.39 is 0 Å². The van der Waals surface area contributed by atoms with Gasteiger partial charge in [-0.15, -0.1) is 0 Å². The van der Waals surface area contributed by atoms with E-state index in [2.05, 4.69) is 10.6 Å². The van der Waals surface area contributed by atoms with Crippen molar-refractivity contribution < 1.29 is 9.59 Å². The lowest BCUT2D eigenvalue weighted by atomic mass is 10.0. The lowest BCUT2D eigenvalue weighted by Crippen LogP contribution is -2.47. The molecule has 0 saturated carbocycles. The van der Waals surface area contributed by atoms with Gasteiger partial charge in [0.15, 0.2) is 0 Å². The van der Waals surface area contributed by atoms with Gasteiger partial charge in [-0.2, -0.15) is 0 Å². The van der Waals surface area contributed by atoms with Gasteiger partial charge in [-0.3, -0.25) is 9.59 Å². The fourth-order valence-corrected chi connectivity index (χ4v) is 3.16. The smallest absolute Gasteiger partial charge is 0.240 e. The van der Waals surface area contributed by atoms with Gasteiger partial charge in [0.1, 0.15) is 0 Å². The molecule has 2 saturated heterocycles. The van der Waals surface area contributed by atoms with Crippen LogP contribution in [-0.4, -0.2) is 42.4 Å². The minimum absolute atomic E-state index is 0.0618. The van der Waals surface area contributed by atoms with Crippen LogP contribution in [0.5, 0.6) is 0 Å². The quantitative estimate of drug-likeness (QED) is 0.847. The number of carbonyl (C=O) groups is 2. The topological polar surface area (TPSA) is 61.4 Å². The van der Waals surface area contributed by atoms with Crippen LogP contribution in [0.2, 0.25) is 0 Å². The molecule has 1 aromatic carbocycles. The second-order valence-electron chi connectivity index (χ2n) is 5.74. The summed E-state index contributed by atoms with van der Waals surface area (Å²) in [4.78, 5) is 26.5. The van der Waals surface area contributed by atoms with Crippen molar-refractivity contribution in [2.75, 3.05) is 19.6 Å². The van der Waals surface area contributed by atoms with E-state index in [1.54, 1.807) is 4.90 Å². The SMILES string of the molecule is O=C1CN(C2CCNCC2)C(=O)C[C@@H](c2ccccc2)N1. The summed E-state index contributed by atoms with van der Waals surface area (Å²) in [5.41, 5.74) is 0.992. The maximum atomic E-state index is 12.6. The summed E-state index contributed by atoms with van der Waals surface area (Å²) in [6, 6.07) is 9.70. The maximum absolute atomic E-state index is 12.6. The Balaban J connectivity index is 1.76. The zero-order chi connectivity index (χ0) is 14.7. The summed E-state index contributed by atoms with van der Waals surface area (Å²) in [6.45, 7) is 2.02. The van der Waals surface area contributed by atoms with Crippen LogP contribution in [0.15, 0.2) is 30.3 Å². The molecule has 112 valence electrons. The third-order valence-corrected chi connectivity index (χ3v) is 4.30. The van der Waals surface area contributed by atoms with Gasteiger partial charge in [0, 0.05) is 6.04 Å². The first kappa shape index (κ1) is 14.1. The lowest BCUT2D eigenvalue weighted by molar-refractivity contribution is -0.136. The van der Waals surface area contributed by atoms with Gasteiger partial charge < -0.3 is 15.5 Å². The van der Waals surface area contributed by atoms with Crippen LogP contribution in [-0.2, 0) is 9.59 Å². The molecule has 1 atom stereocenters. The third-order valence-electron chi connectivity index (χ3n) is 4.30. The number of rotatable bonds is 2. The van der Waals surface area contributed by atoms with Crippen LogP contribution in [0.1, 0.15) is 30.9 Å². The lowest BCUT2D eigenvalue weighted by Gasteiger charge is -2.33. The first-order valence-electron chi connectivity index (χ1n) is 7.58. The van der Waals surface area contributed by atoms with E-state index in [1.165, 1.54) is 0 Å². The molecule has 0 aromatic heterocycles. The van der Waals surface area contributed by atoms with Gasteiger partial charge >= 0.3 is 0 Å². The molecule has 2 heterocycles. The molecular weight excluding hydrogens is 266 g/mol. The Morgan fingerprint density at radius 2 is 1.76 bits per heavy atom. The highest BCUT2D eigenvalue weighted by atomic mass is 16.2. The molecule has 0 bridgehead atoms. The van der Waals surface area contributed by atoms with Crippen molar-refractivity contribution in [1.29, 1.82) is 0 Å². The maximum Gasteiger partial charge on any atom is 0.240 e. The first-order valence-corrected chi connectivity index (χ1v) is 7.58. The van der Waals surface area contributed by atoms with Crippen molar-refractivity contribution in [2.45, 2.75) is 31.3 Å². The first-order chi connectivity index (χ1) is 10.2.